The maximum Gasteiger partial charge on any atom is 0.225 e. The summed E-state index contributed by atoms with van der Waals surface area (Å²) >= 11 is 0. The van der Waals surface area contributed by atoms with Crippen molar-refractivity contribution >= 4 is 5.91 Å². The highest BCUT2D eigenvalue weighted by atomic mass is 16.2. The van der Waals surface area contributed by atoms with E-state index >= 15 is 0 Å². The summed E-state index contributed by atoms with van der Waals surface area (Å²) in [5.41, 5.74) is 3.56. The first kappa shape index (κ1) is 16.3. The minimum atomic E-state index is 0.302. The number of nitrogens with zero attached hydrogens (tertiary/aromatic N) is 2. The Morgan fingerprint density at radius 3 is 2.60 bits per heavy atom. The van der Waals surface area contributed by atoms with Gasteiger partial charge in [-0.1, -0.05) is 42.8 Å². The van der Waals surface area contributed by atoms with E-state index in [-0.39, 0.29) is 0 Å². The molecule has 0 bridgehead atoms. The second kappa shape index (κ2) is 7.38. The van der Waals surface area contributed by atoms with Gasteiger partial charge in [0.1, 0.15) is 0 Å². The Morgan fingerprint density at radius 2 is 1.84 bits per heavy atom. The molecule has 2 aromatic rings. The Kier molecular flexibility index (Phi) is 4.82. The highest BCUT2D eigenvalue weighted by Crippen LogP contribution is 2.32. The average Bonchev–Trinajstić information content (AvgIpc) is 2.61. The average molecular weight is 334 g/mol. The molecule has 25 heavy (non-hydrogen) atoms. The van der Waals surface area contributed by atoms with Crippen molar-refractivity contribution in [2.75, 3.05) is 13.1 Å². The van der Waals surface area contributed by atoms with Gasteiger partial charge in [0.15, 0.2) is 0 Å². The molecule has 1 aromatic heterocycles. The molecule has 1 aliphatic heterocycles. The molecule has 2 fully saturated rings. The van der Waals surface area contributed by atoms with Crippen LogP contribution in [0.1, 0.15) is 55.0 Å². The van der Waals surface area contributed by atoms with Gasteiger partial charge < -0.3 is 4.90 Å². The van der Waals surface area contributed by atoms with E-state index in [9.17, 15) is 4.79 Å². The van der Waals surface area contributed by atoms with Crippen LogP contribution in [0.4, 0.5) is 0 Å². The summed E-state index contributed by atoms with van der Waals surface area (Å²) < 4.78 is 0. The third-order valence-electron chi connectivity index (χ3n) is 5.66. The molecule has 130 valence electrons. The van der Waals surface area contributed by atoms with Crippen molar-refractivity contribution in [2.24, 2.45) is 5.92 Å². The van der Waals surface area contributed by atoms with Gasteiger partial charge in [-0.25, -0.2) is 0 Å². The van der Waals surface area contributed by atoms with E-state index in [0.717, 1.165) is 56.6 Å². The van der Waals surface area contributed by atoms with Crippen LogP contribution < -0.4 is 0 Å². The standard InChI is InChI=1S/C22H26N2O/c25-22(18-9-4-10-18)24-14-6-11-19(16-24)21-13-5-12-20(23-21)15-17-7-2-1-3-8-17/h1-3,5,7-8,12-13,18-19H,4,6,9-11,14-16H2/t19-/m0/s1. The fraction of sp³-hybridized carbons (Fsp3) is 0.455. The first-order chi connectivity index (χ1) is 12.3. The molecular formula is C22H26N2O. The Hall–Kier alpha value is -2.16. The number of hydrogen-bond donors (Lipinski definition) is 0. The molecule has 3 nitrogen and oxygen atoms in total. The summed E-state index contributed by atoms with van der Waals surface area (Å²) in [6, 6.07) is 16.8. The fourth-order valence-electron chi connectivity index (χ4n) is 3.96. The summed E-state index contributed by atoms with van der Waals surface area (Å²) in [4.78, 5) is 19.6. The number of carbonyl (C=O) groups excluding carboxylic acids is 1. The smallest absolute Gasteiger partial charge is 0.225 e. The Bertz CT molecular complexity index is 724. The van der Waals surface area contributed by atoms with Crippen LogP contribution in [0.2, 0.25) is 0 Å². The van der Waals surface area contributed by atoms with Gasteiger partial charge in [-0.15, -0.1) is 0 Å². The summed E-state index contributed by atoms with van der Waals surface area (Å²) in [7, 11) is 0. The van der Waals surface area contributed by atoms with Crippen LogP contribution in [0.25, 0.3) is 0 Å². The Morgan fingerprint density at radius 1 is 1.00 bits per heavy atom. The summed E-state index contributed by atoms with van der Waals surface area (Å²) in [5.74, 6) is 1.07. The van der Waals surface area contributed by atoms with Gasteiger partial charge in [0.25, 0.3) is 0 Å². The minimum absolute atomic E-state index is 0.302. The van der Waals surface area contributed by atoms with Crippen molar-refractivity contribution < 1.29 is 4.79 Å². The van der Waals surface area contributed by atoms with E-state index in [1.165, 1.54) is 12.0 Å². The second-order valence-corrected chi connectivity index (χ2v) is 7.47. The van der Waals surface area contributed by atoms with Crippen molar-refractivity contribution in [2.45, 2.75) is 44.4 Å². The van der Waals surface area contributed by atoms with E-state index in [1.807, 2.05) is 6.07 Å². The number of pyridine rings is 1. The van der Waals surface area contributed by atoms with Gasteiger partial charge in [-0.3, -0.25) is 9.78 Å². The number of hydrogen-bond acceptors (Lipinski definition) is 2. The molecule has 3 heteroatoms. The van der Waals surface area contributed by atoms with E-state index in [2.05, 4.69) is 47.4 Å². The lowest BCUT2D eigenvalue weighted by Gasteiger charge is -2.37. The van der Waals surface area contributed by atoms with Crippen molar-refractivity contribution in [3.05, 3.63) is 65.5 Å². The van der Waals surface area contributed by atoms with Crippen LogP contribution >= 0.6 is 0 Å². The monoisotopic (exact) mass is 334 g/mol. The maximum atomic E-state index is 12.6. The van der Waals surface area contributed by atoms with Crippen LogP contribution in [0.3, 0.4) is 0 Å². The molecular weight excluding hydrogens is 308 g/mol. The van der Waals surface area contributed by atoms with Gasteiger partial charge in [0, 0.05) is 42.7 Å². The molecule has 4 rings (SSSR count). The zero-order valence-electron chi connectivity index (χ0n) is 14.7. The van der Waals surface area contributed by atoms with Crippen molar-refractivity contribution in [3.63, 3.8) is 0 Å². The molecule has 1 atom stereocenters. The number of benzene rings is 1. The van der Waals surface area contributed by atoms with Gasteiger partial charge in [0.2, 0.25) is 5.91 Å². The Balaban J connectivity index is 1.45. The zero-order chi connectivity index (χ0) is 17.1. The first-order valence-electron chi connectivity index (χ1n) is 9.58. The summed E-state index contributed by atoms with van der Waals surface area (Å²) in [6.45, 7) is 1.77. The van der Waals surface area contributed by atoms with Crippen LogP contribution in [0.5, 0.6) is 0 Å². The minimum Gasteiger partial charge on any atom is -0.342 e. The van der Waals surface area contributed by atoms with Crippen molar-refractivity contribution in [1.82, 2.24) is 9.88 Å². The van der Waals surface area contributed by atoms with Crippen molar-refractivity contribution in [1.29, 1.82) is 0 Å². The highest BCUT2D eigenvalue weighted by molar-refractivity contribution is 5.79. The topological polar surface area (TPSA) is 33.2 Å². The largest absolute Gasteiger partial charge is 0.342 e. The number of rotatable bonds is 4. The van der Waals surface area contributed by atoms with E-state index in [1.54, 1.807) is 0 Å². The molecule has 1 saturated heterocycles. The number of piperidine rings is 1. The first-order valence-corrected chi connectivity index (χ1v) is 9.58. The SMILES string of the molecule is O=C(C1CCC1)N1CCC[C@H](c2cccc(Cc3ccccc3)n2)C1. The zero-order valence-corrected chi connectivity index (χ0v) is 14.7. The third-order valence-corrected chi connectivity index (χ3v) is 5.66. The van der Waals surface area contributed by atoms with E-state index < -0.39 is 0 Å². The van der Waals surface area contributed by atoms with E-state index in [4.69, 9.17) is 4.98 Å². The van der Waals surface area contributed by atoms with Crippen LogP contribution in [0.15, 0.2) is 48.5 Å². The van der Waals surface area contributed by atoms with E-state index in [0.29, 0.717) is 17.7 Å². The molecule has 1 saturated carbocycles. The predicted octanol–water partition coefficient (Wildman–Crippen LogP) is 4.18. The molecule has 1 amide bonds. The second-order valence-electron chi connectivity index (χ2n) is 7.47. The lowest BCUT2D eigenvalue weighted by atomic mass is 9.83. The number of likely N-dealkylation sites (tertiary alicyclic amines) is 1. The molecule has 0 unspecified atom stereocenters. The number of aromatic nitrogens is 1. The van der Waals surface area contributed by atoms with Gasteiger partial charge in [0.05, 0.1) is 0 Å². The third kappa shape index (κ3) is 3.76. The van der Waals surface area contributed by atoms with Gasteiger partial charge in [-0.2, -0.15) is 0 Å². The van der Waals surface area contributed by atoms with Gasteiger partial charge >= 0.3 is 0 Å². The van der Waals surface area contributed by atoms with Crippen molar-refractivity contribution in [3.8, 4) is 0 Å². The molecule has 2 aliphatic rings. The van der Waals surface area contributed by atoms with Crippen LogP contribution in [-0.4, -0.2) is 28.9 Å². The lowest BCUT2D eigenvalue weighted by molar-refractivity contribution is -0.139. The molecule has 2 heterocycles. The molecule has 0 radical (unpaired) electrons. The lowest BCUT2D eigenvalue weighted by Crippen LogP contribution is -2.44. The molecule has 0 spiro atoms. The number of amides is 1. The molecule has 0 N–H and O–H groups in total. The fourth-order valence-corrected chi connectivity index (χ4v) is 3.96. The Labute approximate surface area is 150 Å². The van der Waals surface area contributed by atoms with Crippen LogP contribution in [-0.2, 0) is 11.2 Å². The van der Waals surface area contributed by atoms with Gasteiger partial charge in [-0.05, 0) is 43.4 Å². The summed E-state index contributed by atoms with van der Waals surface area (Å²) in [5, 5.41) is 0. The predicted molar refractivity (Wildman–Crippen MR) is 99.4 cm³/mol. The normalized spacial score (nSPS) is 21.0. The maximum absolute atomic E-state index is 12.6. The molecule has 1 aliphatic carbocycles. The molecule has 1 aromatic carbocycles. The summed E-state index contributed by atoms with van der Waals surface area (Å²) in [6.07, 6.45) is 6.49. The highest BCUT2D eigenvalue weighted by Gasteiger charge is 2.32. The quantitative estimate of drug-likeness (QED) is 0.840. The van der Waals surface area contributed by atoms with Crippen LogP contribution in [0, 0.1) is 5.92 Å². The number of carbonyl (C=O) groups is 1.